The summed E-state index contributed by atoms with van der Waals surface area (Å²) in [4.78, 5) is 47.7. The molecule has 0 bridgehead atoms. The first-order valence-corrected chi connectivity index (χ1v) is 9.76. The quantitative estimate of drug-likeness (QED) is 0.486. The molecule has 31 heavy (non-hydrogen) atoms. The molecule has 2 atom stereocenters. The summed E-state index contributed by atoms with van der Waals surface area (Å²) in [6.07, 6.45) is -0.843. The van der Waals surface area contributed by atoms with Crippen LogP contribution in [-0.2, 0) is 33.3 Å². The van der Waals surface area contributed by atoms with Crippen molar-refractivity contribution in [1.29, 1.82) is 0 Å². The van der Waals surface area contributed by atoms with Gasteiger partial charge in [-0.25, -0.2) is 4.79 Å². The monoisotopic (exact) mass is 437 g/mol. The maximum Gasteiger partial charge on any atom is 0.412 e. The minimum absolute atomic E-state index is 0.135. The van der Waals surface area contributed by atoms with Crippen LogP contribution in [0, 0.1) is 12.8 Å². The molecule has 1 N–H and O–H groups in total. The van der Waals surface area contributed by atoms with Crippen molar-refractivity contribution in [2.45, 2.75) is 52.6 Å². The van der Waals surface area contributed by atoms with Crippen LogP contribution in [0.3, 0.4) is 0 Å². The molecule has 9 nitrogen and oxygen atoms in total. The Morgan fingerprint density at radius 2 is 1.71 bits per heavy atom. The lowest BCUT2D eigenvalue weighted by Crippen LogP contribution is -2.30. The van der Waals surface area contributed by atoms with Gasteiger partial charge in [0, 0.05) is 18.5 Å². The number of hydrogen-bond donors (Lipinski definition) is 1. The number of methoxy groups -OCH3 is 2. The second-order valence-corrected chi connectivity index (χ2v) is 8.02. The molecule has 0 aliphatic rings. The summed E-state index contributed by atoms with van der Waals surface area (Å²) in [7, 11) is 2.44. The highest BCUT2D eigenvalue weighted by Gasteiger charge is 2.34. The van der Waals surface area contributed by atoms with Gasteiger partial charge < -0.3 is 18.9 Å². The Bertz CT molecular complexity index is 812. The second kappa shape index (κ2) is 11.3. The highest BCUT2D eigenvalue weighted by atomic mass is 16.6. The molecule has 1 unspecified atom stereocenters. The van der Waals surface area contributed by atoms with Crippen LogP contribution in [0.2, 0.25) is 0 Å². The molecule has 1 aromatic rings. The van der Waals surface area contributed by atoms with Gasteiger partial charge in [-0.3, -0.25) is 19.7 Å². The van der Waals surface area contributed by atoms with Crippen LogP contribution in [0.5, 0.6) is 0 Å². The first-order valence-electron chi connectivity index (χ1n) is 9.76. The Balaban J connectivity index is 3.24. The Labute approximate surface area is 182 Å². The molecule has 0 radical (unpaired) electrons. The van der Waals surface area contributed by atoms with Crippen LogP contribution >= 0.6 is 0 Å². The lowest BCUT2D eigenvalue weighted by atomic mass is 9.83. The van der Waals surface area contributed by atoms with E-state index in [2.05, 4.69) is 5.32 Å². The van der Waals surface area contributed by atoms with Gasteiger partial charge in [-0.1, -0.05) is 12.1 Å². The first kappa shape index (κ1) is 25.9. The molecule has 9 heteroatoms. The fraction of sp³-hybridized carbons (Fsp3) is 0.545. The third-order valence-electron chi connectivity index (χ3n) is 4.38. The molecule has 172 valence electrons. The van der Waals surface area contributed by atoms with Crippen molar-refractivity contribution in [1.82, 2.24) is 0 Å². The van der Waals surface area contributed by atoms with Crippen molar-refractivity contribution < 1.29 is 38.1 Å². The summed E-state index contributed by atoms with van der Waals surface area (Å²) in [5, 5.41) is 2.68. The Morgan fingerprint density at radius 3 is 2.19 bits per heavy atom. The topological polar surface area (TPSA) is 117 Å². The summed E-state index contributed by atoms with van der Waals surface area (Å²) in [6, 6.07) is 5.08. The number of benzene rings is 1. The molecule has 0 aliphatic carbocycles. The van der Waals surface area contributed by atoms with E-state index in [-0.39, 0.29) is 13.0 Å². The van der Waals surface area contributed by atoms with Gasteiger partial charge in [0.1, 0.15) is 5.60 Å². The van der Waals surface area contributed by atoms with E-state index in [1.807, 2.05) is 0 Å². The maximum absolute atomic E-state index is 12.4. The maximum atomic E-state index is 12.4. The molecule has 0 saturated heterocycles. The van der Waals surface area contributed by atoms with Crippen molar-refractivity contribution in [3.63, 3.8) is 0 Å². The number of anilines is 1. The van der Waals surface area contributed by atoms with E-state index < -0.39 is 41.4 Å². The highest BCUT2D eigenvalue weighted by molar-refractivity contribution is 5.86. The zero-order chi connectivity index (χ0) is 23.8. The number of aryl methyl sites for hydroxylation is 1. The van der Waals surface area contributed by atoms with E-state index in [0.29, 0.717) is 16.8 Å². The van der Waals surface area contributed by atoms with Crippen LogP contribution in [0.1, 0.15) is 51.2 Å². The van der Waals surface area contributed by atoms with Crippen LogP contribution in [0.25, 0.3) is 0 Å². The van der Waals surface area contributed by atoms with E-state index in [0.717, 1.165) is 0 Å². The fourth-order valence-electron chi connectivity index (χ4n) is 2.93. The van der Waals surface area contributed by atoms with Gasteiger partial charge in [0.25, 0.3) is 0 Å². The lowest BCUT2D eigenvalue weighted by Gasteiger charge is -2.25. The smallest absolute Gasteiger partial charge is 0.412 e. The first-order chi connectivity index (χ1) is 14.4. The fourth-order valence-corrected chi connectivity index (χ4v) is 2.93. The zero-order valence-corrected chi connectivity index (χ0v) is 19.1. The van der Waals surface area contributed by atoms with Crippen LogP contribution in [-0.4, -0.2) is 50.4 Å². The minimum atomic E-state index is -0.930. The Hall–Kier alpha value is -3.10. The Morgan fingerprint density at radius 1 is 1.06 bits per heavy atom. The zero-order valence-electron chi connectivity index (χ0n) is 19.1. The average Bonchev–Trinajstić information content (AvgIpc) is 2.66. The lowest BCUT2D eigenvalue weighted by molar-refractivity contribution is -0.154. The molecule has 1 aromatic carbocycles. The third kappa shape index (κ3) is 8.65. The third-order valence-corrected chi connectivity index (χ3v) is 4.38. The molecule has 0 spiro atoms. The second-order valence-electron chi connectivity index (χ2n) is 8.02. The summed E-state index contributed by atoms with van der Waals surface area (Å²) >= 11 is 0. The van der Waals surface area contributed by atoms with Gasteiger partial charge in [0.15, 0.2) is 0 Å². The molecule has 0 aromatic heterocycles. The van der Waals surface area contributed by atoms with Crippen molar-refractivity contribution in [3.8, 4) is 0 Å². The van der Waals surface area contributed by atoms with E-state index in [1.54, 1.807) is 45.9 Å². The molecule has 1 amide bonds. The highest BCUT2D eigenvalue weighted by Crippen LogP contribution is 2.32. The van der Waals surface area contributed by atoms with E-state index in [1.165, 1.54) is 21.1 Å². The average molecular weight is 437 g/mol. The number of nitrogens with one attached hydrogen (secondary N) is 1. The van der Waals surface area contributed by atoms with Gasteiger partial charge >= 0.3 is 24.0 Å². The molecular formula is C22H31NO8. The predicted octanol–water partition coefficient (Wildman–Crippen LogP) is 3.34. The SMILES string of the molecule is COC(=O)C[C@H](C(=O)OC)C(COC(C)=O)c1ccc(NC(=O)OC(C)(C)C)c(C)c1. The van der Waals surface area contributed by atoms with Gasteiger partial charge in [0.05, 0.1) is 33.2 Å². The molecule has 0 saturated carbocycles. The van der Waals surface area contributed by atoms with Crippen molar-refractivity contribution >= 4 is 29.7 Å². The molecule has 0 aliphatic heterocycles. The molecule has 0 fully saturated rings. The number of ether oxygens (including phenoxy) is 4. The van der Waals surface area contributed by atoms with Crippen molar-refractivity contribution in [3.05, 3.63) is 29.3 Å². The standard InChI is InChI=1S/C22H31NO8/c1-13-10-15(8-9-18(13)23-21(27)31-22(3,4)5)17(12-30-14(2)24)16(20(26)29-7)11-19(25)28-6/h8-10,16-17H,11-12H2,1-7H3,(H,23,27)/t16-,17?/m0/s1. The van der Waals surface area contributed by atoms with Gasteiger partial charge in [-0.15, -0.1) is 0 Å². The van der Waals surface area contributed by atoms with E-state index in [4.69, 9.17) is 18.9 Å². The summed E-state index contributed by atoms with van der Waals surface area (Å²) in [5.74, 6) is -3.34. The van der Waals surface area contributed by atoms with Crippen molar-refractivity contribution in [2.24, 2.45) is 5.92 Å². The van der Waals surface area contributed by atoms with E-state index in [9.17, 15) is 19.2 Å². The van der Waals surface area contributed by atoms with E-state index >= 15 is 0 Å². The van der Waals surface area contributed by atoms with Crippen LogP contribution in [0.4, 0.5) is 10.5 Å². The largest absolute Gasteiger partial charge is 0.469 e. The number of rotatable bonds is 8. The molecular weight excluding hydrogens is 406 g/mol. The van der Waals surface area contributed by atoms with Crippen LogP contribution in [0.15, 0.2) is 18.2 Å². The number of amides is 1. The minimum Gasteiger partial charge on any atom is -0.469 e. The number of carbonyl (C=O) groups excluding carboxylic acids is 4. The summed E-state index contributed by atoms with van der Waals surface area (Å²) in [5.41, 5.74) is 1.20. The molecule has 0 heterocycles. The summed E-state index contributed by atoms with van der Waals surface area (Å²) < 4.78 is 20.0. The van der Waals surface area contributed by atoms with Gasteiger partial charge in [-0.05, 0) is 44.9 Å². The summed E-state index contributed by atoms with van der Waals surface area (Å²) in [6.45, 7) is 8.17. The number of carbonyl (C=O) groups is 4. The predicted molar refractivity (Wildman–Crippen MR) is 113 cm³/mol. The normalized spacial score (nSPS) is 12.9. The number of esters is 3. The number of hydrogen-bond acceptors (Lipinski definition) is 8. The Kier molecular flexibility index (Phi) is 9.48. The molecule has 1 rings (SSSR count). The van der Waals surface area contributed by atoms with Gasteiger partial charge in [0.2, 0.25) is 0 Å². The van der Waals surface area contributed by atoms with Crippen molar-refractivity contribution in [2.75, 3.05) is 26.1 Å². The van der Waals surface area contributed by atoms with Crippen LogP contribution < -0.4 is 5.32 Å². The van der Waals surface area contributed by atoms with Gasteiger partial charge in [-0.2, -0.15) is 0 Å².